The van der Waals surface area contributed by atoms with Crippen LogP contribution in [0.25, 0.3) is 0 Å². The lowest BCUT2D eigenvalue weighted by Crippen LogP contribution is -2.11. The lowest BCUT2D eigenvalue weighted by molar-refractivity contribution is 0.221. The molecule has 0 unspecified atom stereocenters. The Labute approximate surface area is 83.9 Å². The summed E-state index contributed by atoms with van der Waals surface area (Å²) >= 11 is 0. The third-order valence-corrected chi connectivity index (χ3v) is 4.37. The van der Waals surface area contributed by atoms with Crippen molar-refractivity contribution in [3.05, 3.63) is 0 Å². The van der Waals surface area contributed by atoms with Crippen LogP contribution in [0.1, 0.15) is 13.8 Å². The molecule has 0 aliphatic carbocycles. The highest BCUT2D eigenvalue weighted by molar-refractivity contribution is 7.86. The van der Waals surface area contributed by atoms with E-state index in [0.717, 1.165) is 0 Å². The lowest BCUT2D eigenvalue weighted by Gasteiger charge is -2.15. The highest BCUT2D eigenvalue weighted by atomic mass is 32.2. The molecule has 86 valence electrons. The highest BCUT2D eigenvalue weighted by Crippen LogP contribution is 2.47. The number of rotatable bonds is 7. The van der Waals surface area contributed by atoms with Crippen LogP contribution in [-0.2, 0) is 23.7 Å². The van der Waals surface area contributed by atoms with Crippen molar-refractivity contribution in [1.82, 2.24) is 0 Å². The Kier molecular flexibility index (Phi) is 5.85. The molecule has 0 saturated heterocycles. The average Bonchev–Trinajstić information content (AvgIpc) is 2.01. The van der Waals surface area contributed by atoms with Gasteiger partial charge in [0.1, 0.15) is 0 Å². The van der Waals surface area contributed by atoms with Crippen LogP contribution in [0.15, 0.2) is 0 Å². The molecule has 0 aromatic carbocycles. The van der Waals surface area contributed by atoms with Gasteiger partial charge in [0, 0.05) is 0 Å². The van der Waals surface area contributed by atoms with Crippen molar-refractivity contribution >= 4 is 17.7 Å². The minimum Gasteiger partial charge on any atom is -0.309 e. The molecule has 6 nitrogen and oxygen atoms in total. The fourth-order valence-electron chi connectivity index (χ4n) is 0.787. The fourth-order valence-corrected chi connectivity index (χ4v) is 3.72. The van der Waals surface area contributed by atoms with Gasteiger partial charge in [0.2, 0.25) is 0 Å². The second-order valence-corrected chi connectivity index (χ2v) is 6.21. The number of hydrogen-bond acceptors (Lipinski definition) is 5. The molecule has 0 aromatic heterocycles. The zero-order valence-corrected chi connectivity index (χ0v) is 9.88. The average molecular weight is 246 g/mol. The van der Waals surface area contributed by atoms with Crippen molar-refractivity contribution in [2.24, 2.45) is 0 Å². The predicted molar refractivity (Wildman–Crippen MR) is 52.1 cm³/mol. The summed E-state index contributed by atoms with van der Waals surface area (Å²) in [5, 5.41) is 0. The molecule has 0 aliphatic heterocycles. The summed E-state index contributed by atoms with van der Waals surface area (Å²) in [6, 6.07) is 0. The Morgan fingerprint density at radius 1 is 1.21 bits per heavy atom. The molecule has 0 atom stereocenters. The monoisotopic (exact) mass is 246 g/mol. The first-order valence-corrected chi connectivity index (χ1v) is 7.50. The van der Waals surface area contributed by atoms with E-state index in [-0.39, 0.29) is 19.4 Å². The summed E-state index contributed by atoms with van der Waals surface area (Å²) < 4.78 is 50.6. The first-order valence-electron chi connectivity index (χ1n) is 4.16. The van der Waals surface area contributed by atoms with Gasteiger partial charge in [-0.15, -0.1) is 0 Å². The smallest absolute Gasteiger partial charge is 0.309 e. The normalized spacial score (nSPS) is 13.1. The van der Waals surface area contributed by atoms with Crippen LogP contribution in [0, 0.1) is 0 Å². The summed E-state index contributed by atoms with van der Waals surface area (Å²) in [5.74, 6) is -0.621. The molecule has 0 fully saturated rings. The van der Waals surface area contributed by atoms with Crippen LogP contribution < -0.4 is 0 Å². The minimum atomic E-state index is -4.13. The van der Waals surface area contributed by atoms with Crippen molar-refractivity contribution in [2.75, 3.05) is 25.1 Å². The van der Waals surface area contributed by atoms with Crippen LogP contribution in [-0.4, -0.2) is 38.1 Å². The Morgan fingerprint density at radius 3 is 1.93 bits per heavy atom. The van der Waals surface area contributed by atoms with Crippen molar-refractivity contribution < 1.29 is 26.6 Å². The van der Waals surface area contributed by atoms with E-state index in [0.29, 0.717) is 0 Å². The van der Waals surface area contributed by atoms with E-state index in [4.69, 9.17) is 13.6 Å². The molecule has 0 heterocycles. The Morgan fingerprint density at radius 2 is 1.64 bits per heavy atom. The van der Waals surface area contributed by atoms with Crippen LogP contribution in [0.2, 0.25) is 0 Å². The van der Waals surface area contributed by atoms with Crippen molar-refractivity contribution in [3.8, 4) is 0 Å². The highest BCUT2D eigenvalue weighted by Gasteiger charge is 2.25. The first-order chi connectivity index (χ1) is 6.33. The molecular weight excluding hydrogens is 231 g/mol. The second kappa shape index (κ2) is 5.82. The quantitative estimate of drug-likeness (QED) is 0.535. The van der Waals surface area contributed by atoms with Gasteiger partial charge < -0.3 is 9.05 Å². The van der Waals surface area contributed by atoms with E-state index in [1.165, 1.54) is 0 Å². The van der Waals surface area contributed by atoms with Gasteiger partial charge >= 0.3 is 7.60 Å². The van der Waals surface area contributed by atoms with Gasteiger partial charge in [0.25, 0.3) is 10.1 Å². The zero-order chi connectivity index (χ0) is 11.2. The zero-order valence-electron chi connectivity index (χ0n) is 8.17. The van der Waals surface area contributed by atoms with Gasteiger partial charge in [0.05, 0.1) is 25.1 Å². The molecule has 0 aromatic rings. The van der Waals surface area contributed by atoms with E-state index >= 15 is 0 Å². The first kappa shape index (κ1) is 14.1. The van der Waals surface area contributed by atoms with Crippen LogP contribution in [0.5, 0.6) is 0 Å². The van der Waals surface area contributed by atoms with Crippen LogP contribution >= 0.6 is 7.60 Å². The van der Waals surface area contributed by atoms with E-state index in [2.05, 4.69) is 0 Å². The molecule has 0 amide bonds. The molecule has 0 rings (SSSR count). The Hall–Kier alpha value is 0.0600. The molecule has 1 N–H and O–H groups in total. The van der Waals surface area contributed by atoms with Gasteiger partial charge in [-0.25, -0.2) is 0 Å². The maximum absolute atomic E-state index is 11.6. The van der Waals surface area contributed by atoms with Crippen molar-refractivity contribution in [2.45, 2.75) is 13.8 Å². The molecule has 0 aliphatic rings. The summed E-state index contributed by atoms with van der Waals surface area (Å²) in [5.41, 5.74) is 0. The molecule has 0 bridgehead atoms. The fraction of sp³-hybridized carbons (Fsp3) is 1.00. The molecule has 0 saturated carbocycles. The molecule has 8 heteroatoms. The summed E-state index contributed by atoms with van der Waals surface area (Å²) in [7, 11) is -7.48. The van der Waals surface area contributed by atoms with Gasteiger partial charge in [-0.1, -0.05) is 0 Å². The van der Waals surface area contributed by atoms with E-state index in [9.17, 15) is 13.0 Å². The predicted octanol–water partition coefficient (Wildman–Crippen LogP) is 1.14. The number of hydrogen-bond donors (Lipinski definition) is 1. The molecule has 0 radical (unpaired) electrons. The van der Waals surface area contributed by atoms with Gasteiger partial charge in [-0.05, 0) is 13.8 Å². The summed E-state index contributed by atoms with van der Waals surface area (Å²) in [4.78, 5) is 0. The van der Waals surface area contributed by atoms with Crippen molar-refractivity contribution in [1.29, 1.82) is 0 Å². The Balaban J connectivity index is 4.30. The van der Waals surface area contributed by atoms with Gasteiger partial charge in [0.15, 0.2) is 0 Å². The largest absolute Gasteiger partial charge is 0.331 e. The second-order valence-electron chi connectivity index (χ2n) is 2.46. The van der Waals surface area contributed by atoms with E-state index < -0.39 is 23.5 Å². The third-order valence-electron chi connectivity index (χ3n) is 1.27. The van der Waals surface area contributed by atoms with Gasteiger partial charge in [-0.3, -0.25) is 9.12 Å². The minimum absolute atomic E-state index is 0.169. The van der Waals surface area contributed by atoms with E-state index in [1.54, 1.807) is 13.8 Å². The van der Waals surface area contributed by atoms with Crippen LogP contribution in [0.3, 0.4) is 0 Å². The third kappa shape index (κ3) is 6.50. The maximum Gasteiger partial charge on any atom is 0.331 e. The van der Waals surface area contributed by atoms with Gasteiger partial charge in [-0.2, -0.15) is 8.42 Å². The molecular formula is C6H15O6PS. The molecule has 0 spiro atoms. The van der Waals surface area contributed by atoms with Crippen molar-refractivity contribution in [3.63, 3.8) is 0 Å². The maximum atomic E-state index is 11.6. The topological polar surface area (TPSA) is 89.9 Å². The SMILES string of the molecule is CCOP(=O)(CCS(=O)(=O)O)OCC. The van der Waals surface area contributed by atoms with Crippen LogP contribution in [0.4, 0.5) is 0 Å². The molecule has 14 heavy (non-hydrogen) atoms. The lowest BCUT2D eigenvalue weighted by atomic mass is 10.9. The Bertz CT molecular complexity index is 287. The standard InChI is InChI=1S/C6H15O6PS/c1-3-11-13(7,12-4-2)5-6-14(8,9)10/h3-6H2,1-2H3,(H,8,9,10). The summed E-state index contributed by atoms with van der Waals surface area (Å²) in [6.45, 7) is 3.59. The van der Waals surface area contributed by atoms with E-state index in [1.807, 2.05) is 0 Å². The summed E-state index contributed by atoms with van der Waals surface area (Å²) in [6.07, 6.45) is -0.326.